The first-order chi connectivity index (χ1) is 9.29. The summed E-state index contributed by atoms with van der Waals surface area (Å²) in [6, 6.07) is 6.39. The summed E-state index contributed by atoms with van der Waals surface area (Å²) in [4.78, 5) is 2.28. The molecule has 0 radical (unpaired) electrons. The van der Waals surface area contributed by atoms with Crippen LogP contribution >= 0.6 is 12.2 Å². The Bertz CT molecular complexity index is 442. The Morgan fingerprint density at radius 2 is 1.60 bits per heavy atom. The van der Waals surface area contributed by atoms with E-state index in [2.05, 4.69) is 70.0 Å². The molecule has 0 atom stereocenters. The molecule has 1 aromatic carbocycles. The molecule has 0 aliphatic carbocycles. The van der Waals surface area contributed by atoms with E-state index < -0.39 is 0 Å². The summed E-state index contributed by atoms with van der Waals surface area (Å²) in [5.74, 6) is 1.21. The van der Waals surface area contributed by atoms with Crippen LogP contribution in [0.15, 0.2) is 18.2 Å². The minimum atomic E-state index is 0.605. The van der Waals surface area contributed by atoms with Crippen molar-refractivity contribution in [2.75, 3.05) is 18.4 Å². The summed E-state index contributed by atoms with van der Waals surface area (Å²) in [5, 5.41) is 4.21. The van der Waals surface area contributed by atoms with Gasteiger partial charge in [-0.3, -0.25) is 0 Å². The smallest absolute Gasteiger partial charge is 0.173 e. The first-order valence-electron chi connectivity index (χ1n) is 7.42. The Kier molecular flexibility index (Phi) is 6.47. The highest BCUT2D eigenvalue weighted by molar-refractivity contribution is 7.80. The Hall–Kier alpha value is -1.09. The molecule has 0 aliphatic rings. The molecule has 0 heterocycles. The highest BCUT2D eigenvalue weighted by Crippen LogP contribution is 2.15. The number of thiocarbonyl (C=S) groups is 1. The summed E-state index contributed by atoms with van der Waals surface area (Å²) in [7, 11) is 0. The molecule has 112 valence electrons. The van der Waals surface area contributed by atoms with Gasteiger partial charge in [0.2, 0.25) is 0 Å². The molecule has 2 nitrogen and oxygen atoms in total. The van der Waals surface area contributed by atoms with Crippen LogP contribution in [0.1, 0.15) is 38.8 Å². The predicted octanol–water partition coefficient (Wildman–Crippen LogP) is 4.61. The van der Waals surface area contributed by atoms with Gasteiger partial charge >= 0.3 is 0 Å². The average molecular weight is 292 g/mol. The van der Waals surface area contributed by atoms with E-state index in [1.807, 2.05) is 0 Å². The van der Waals surface area contributed by atoms with Gasteiger partial charge in [-0.15, -0.1) is 0 Å². The predicted molar refractivity (Wildman–Crippen MR) is 93.4 cm³/mol. The molecule has 0 saturated carbocycles. The average Bonchev–Trinajstić information content (AvgIpc) is 2.32. The molecule has 1 N–H and O–H groups in total. The Balaban J connectivity index is 2.76. The van der Waals surface area contributed by atoms with Crippen LogP contribution in [0.4, 0.5) is 5.69 Å². The number of anilines is 1. The maximum absolute atomic E-state index is 5.59. The zero-order valence-electron chi connectivity index (χ0n) is 13.7. The fourth-order valence-electron chi connectivity index (χ4n) is 2.14. The number of aryl methyl sites for hydroxylation is 2. The molecule has 0 saturated heterocycles. The van der Waals surface area contributed by atoms with Gasteiger partial charge in [0.05, 0.1) is 0 Å². The van der Waals surface area contributed by atoms with Crippen LogP contribution < -0.4 is 5.32 Å². The largest absolute Gasteiger partial charge is 0.349 e. The van der Waals surface area contributed by atoms with Crippen molar-refractivity contribution in [1.29, 1.82) is 0 Å². The van der Waals surface area contributed by atoms with Crippen molar-refractivity contribution in [3.63, 3.8) is 0 Å². The molecule has 20 heavy (non-hydrogen) atoms. The first kappa shape index (κ1) is 17.0. The second-order valence-corrected chi connectivity index (χ2v) is 6.81. The van der Waals surface area contributed by atoms with Crippen LogP contribution in [0, 0.1) is 25.7 Å². The van der Waals surface area contributed by atoms with E-state index >= 15 is 0 Å². The molecule has 0 aliphatic heterocycles. The van der Waals surface area contributed by atoms with E-state index in [1.54, 1.807) is 0 Å². The molecule has 0 fully saturated rings. The molecule has 0 unspecified atom stereocenters. The quantitative estimate of drug-likeness (QED) is 0.798. The second kappa shape index (κ2) is 7.63. The number of nitrogens with zero attached hydrogens (tertiary/aromatic N) is 1. The lowest BCUT2D eigenvalue weighted by Gasteiger charge is -2.29. The number of hydrogen-bond donors (Lipinski definition) is 1. The molecule has 3 heteroatoms. The van der Waals surface area contributed by atoms with Gasteiger partial charge in [0.1, 0.15) is 0 Å². The maximum Gasteiger partial charge on any atom is 0.173 e. The van der Waals surface area contributed by atoms with Crippen molar-refractivity contribution in [2.45, 2.75) is 41.5 Å². The van der Waals surface area contributed by atoms with E-state index in [-0.39, 0.29) is 0 Å². The van der Waals surface area contributed by atoms with Crippen molar-refractivity contribution in [3.8, 4) is 0 Å². The van der Waals surface area contributed by atoms with Crippen LogP contribution in [0.25, 0.3) is 0 Å². The Morgan fingerprint density at radius 1 is 1.05 bits per heavy atom. The van der Waals surface area contributed by atoms with E-state index in [0.717, 1.165) is 23.9 Å². The normalized spacial score (nSPS) is 11.0. The second-order valence-electron chi connectivity index (χ2n) is 6.42. The maximum atomic E-state index is 5.59. The summed E-state index contributed by atoms with van der Waals surface area (Å²) in [6.45, 7) is 15.2. The van der Waals surface area contributed by atoms with Crippen molar-refractivity contribution >= 4 is 23.0 Å². The Morgan fingerprint density at radius 3 is 2.05 bits per heavy atom. The number of rotatable bonds is 5. The fourth-order valence-corrected chi connectivity index (χ4v) is 2.41. The molecule has 0 amide bonds. The van der Waals surface area contributed by atoms with E-state index in [4.69, 9.17) is 12.2 Å². The molecule has 0 spiro atoms. The number of benzene rings is 1. The van der Waals surface area contributed by atoms with Crippen molar-refractivity contribution < 1.29 is 0 Å². The molecular weight excluding hydrogens is 264 g/mol. The Labute approximate surface area is 129 Å². The monoisotopic (exact) mass is 292 g/mol. The molecule has 0 aromatic heterocycles. The lowest BCUT2D eigenvalue weighted by atomic mass is 10.1. The summed E-state index contributed by atoms with van der Waals surface area (Å²) >= 11 is 5.59. The fraction of sp³-hybridized carbons (Fsp3) is 0.588. The minimum absolute atomic E-state index is 0.605. The summed E-state index contributed by atoms with van der Waals surface area (Å²) in [5.41, 5.74) is 3.68. The number of nitrogens with one attached hydrogen (secondary N) is 1. The molecule has 1 rings (SSSR count). The first-order valence-corrected chi connectivity index (χ1v) is 7.83. The summed E-state index contributed by atoms with van der Waals surface area (Å²) in [6.07, 6.45) is 0. The van der Waals surface area contributed by atoms with Gasteiger partial charge < -0.3 is 10.2 Å². The van der Waals surface area contributed by atoms with Crippen LogP contribution in [0.3, 0.4) is 0 Å². The van der Waals surface area contributed by atoms with Gasteiger partial charge in [0, 0.05) is 18.8 Å². The van der Waals surface area contributed by atoms with Gasteiger partial charge in [0.25, 0.3) is 0 Å². The highest BCUT2D eigenvalue weighted by atomic mass is 32.1. The third-order valence-electron chi connectivity index (χ3n) is 3.22. The van der Waals surface area contributed by atoms with Gasteiger partial charge in [-0.1, -0.05) is 33.8 Å². The number of hydrogen-bond acceptors (Lipinski definition) is 1. The van der Waals surface area contributed by atoms with E-state index in [1.165, 1.54) is 11.1 Å². The SMILES string of the molecule is Cc1ccc(NC(=S)N(CC(C)C)CC(C)C)cc1C. The van der Waals surface area contributed by atoms with E-state index in [0.29, 0.717) is 11.8 Å². The van der Waals surface area contributed by atoms with Crippen molar-refractivity contribution in [1.82, 2.24) is 4.90 Å². The third-order valence-corrected chi connectivity index (χ3v) is 3.58. The zero-order valence-corrected chi connectivity index (χ0v) is 14.5. The molecular formula is C17H28N2S. The zero-order chi connectivity index (χ0) is 15.3. The van der Waals surface area contributed by atoms with Gasteiger partial charge in [0.15, 0.2) is 5.11 Å². The van der Waals surface area contributed by atoms with Crippen LogP contribution in [0.5, 0.6) is 0 Å². The standard InChI is InChI=1S/C17H28N2S/c1-12(2)10-19(11-13(3)4)17(20)18-16-8-7-14(5)15(6)9-16/h7-9,12-13H,10-11H2,1-6H3,(H,18,20). The topological polar surface area (TPSA) is 15.3 Å². The lowest BCUT2D eigenvalue weighted by molar-refractivity contribution is 0.332. The van der Waals surface area contributed by atoms with Gasteiger partial charge in [-0.05, 0) is 61.2 Å². The molecule has 0 bridgehead atoms. The minimum Gasteiger partial charge on any atom is -0.349 e. The third kappa shape index (κ3) is 5.49. The van der Waals surface area contributed by atoms with Crippen LogP contribution in [0.2, 0.25) is 0 Å². The summed E-state index contributed by atoms with van der Waals surface area (Å²) < 4.78 is 0. The lowest BCUT2D eigenvalue weighted by Crippen LogP contribution is -2.39. The highest BCUT2D eigenvalue weighted by Gasteiger charge is 2.13. The van der Waals surface area contributed by atoms with Gasteiger partial charge in [-0.2, -0.15) is 0 Å². The van der Waals surface area contributed by atoms with Crippen LogP contribution in [-0.2, 0) is 0 Å². The van der Waals surface area contributed by atoms with Crippen molar-refractivity contribution in [3.05, 3.63) is 29.3 Å². The van der Waals surface area contributed by atoms with Gasteiger partial charge in [-0.25, -0.2) is 0 Å². The van der Waals surface area contributed by atoms with Crippen LogP contribution in [-0.4, -0.2) is 23.1 Å². The van der Waals surface area contributed by atoms with Crippen molar-refractivity contribution in [2.24, 2.45) is 11.8 Å². The van der Waals surface area contributed by atoms with E-state index in [9.17, 15) is 0 Å². The molecule has 1 aromatic rings.